The van der Waals surface area contributed by atoms with Crippen LogP contribution in [0.15, 0.2) is 32.9 Å². The molecule has 0 aliphatic carbocycles. The lowest BCUT2D eigenvalue weighted by Gasteiger charge is -2.10. The highest BCUT2D eigenvalue weighted by Crippen LogP contribution is 2.33. The van der Waals surface area contributed by atoms with Crippen LogP contribution >= 0.6 is 0 Å². The van der Waals surface area contributed by atoms with E-state index in [1.54, 1.807) is 27.9 Å². The molecule has 0 unspecified atom stereocenters. The van der Waals surface area contributed by atoms with Crippen LogP contribution in [0.4, 0.5) is 34.6 Å². The normalized spacial score (nSPS) is 11.9. The molecule has 0 bridgehead atoms. The lowest BCUT2D eigenvalue weighted by molar-refractivity contribution is 0.0601. The van der Waals surface area contributed by atoms with Crippen LogP contribution in [0.1, 0.15) is 57.7 Å². The summed E-state index contributed by atoms with van der Waals surface area (Å²) < 4.78 is 10.1. The number of esters is 1. The Morgan fingerprint density at radius 3 is 1.74 bits per heavy atom. The molecule has 21 heteroatoms. The second-order valence-electron chi connectivity index (χ2n) is 10.4. The molecule has 0 atom stereocenters. The van der Waals surface area contributed by atoms with E-state index in [-0.39, 0.29) is 63.6 Å². The number of nitrogens with zero attached hydrogens (tertiary/aromatic N) is 15. The Hall–Kier alpha value is -6.25. The number of methoxy groups -OCH3 is 1. The molecule has 244 valence electrons. The van der Waals surface area contributed by atoms with E-state index in [9.17, 15) is 14.7 Å². The Bertz CT molecular complexity index is 1920. The van der Waals surface area contributed by atoms with Crippen LogP contribution in [0.5, 0.6) is 0 Å². The number of aryl methyl sites for hydroxylation is 4. The van der Waals surface area contributed by atoms with E-state index in [2.05, 4.69) is 55.8 Å². The van der Waals surface area contributed by atoms with Crippen LogP contribution in [0.25, 0.3) is 11.9 Å². The van der Waals surface area contributed by atoms with E-state index < -0.39 is 18.4 Å². The minimum atomic E-state index is -0.710. The number of ketones is 1. The summed E-state index contributed by atoms with van der Waals surface area (Å²) in [5, 5.41) is 43.1. The minimum Gasteiger partial charge on any atom is -0.465 e. The first kappa shape index (κ1) is 32.2. The van der Waals surface area contributed by atoms with Crippen molar-refractivity contribution in [3.63, 3.8) is 0 Å². The Kier molecular flexibility index (Phi) is 8.64. The fourth-order valence-electron chi connectivity index (χ4n) is 4.27. The third-order valence-electron chi connectivity index (χ3n) is 6.81. The molecule has 0 saturated heterocycles. The van der Waals surface area contributed by atoms with Gasteiger partial charge in [-0.25, -0.2) is 14.2 Å². The molecule has 0 aromatic carbocycles. The van der Waals surface area contributed by atoms with Crippen LogP contribution in [-0.2, 0) is 18.8 Å². The number of nitrogens with two attached hydrogens (primary N) is 2. The van der Waals surface area contributed by atoms with Crippen LogP contribution < -0.4 is 11.5 Å². The van der Waals surface area contributed by atoms with Crippen molar-refractivity contribution >= 4 is 46.4 Å². The van der Waals surface area contributed by atoms with Crippen molar-refractivity contribution in [3.05, 3.63) is 40.7 Å². The average Bonchev–Trinajstić information content (AvgIpc) is 3.77. The van der Waals surface area contributed by atoms with E-state index in [0.29, 0.717) is 17.2 Å². The van der Waals surface area contributed by atoms with Crippen molar-refractivity contribution in [3.8, 4) is 11.9 Å². The number of Topliss-reactive ketones (excluding diaryl/α,β-unsaturated/α-hetero) is 1. The second-order valence-corrected chi connectivity index (χ2v) is 10.4. The molecule has 5 N–H and O–H groups in total. The number of carbonyl (C=O) groups excluding carboxylic acids is 2. The molecule has 0 fully saturated rings. The number of rotatable bonds is 10. The largest absolute Gasteiger partial charge is 0.465 e. The zero-order chi connectivity index (χ0) is 34.2. The second kappa shape index (κ2) is 12.6. The third-order valence-corrected chi connectivity index (χ3v) is 6.81. The van der Waals surface area contributed by atoms with Crippen molar-refractivity contribution in [2.45, 2.75) is 33.6 Å². The van der Waals surface area contributed by atoms with Crippen molar-refractivity contribution in [2.24, 2.45) is 34.6 Å². The van der Waals surface area contributed by atoms with Crippen molar-refractivity contribution in [1.82, 2.24) is 54.1 Å². The Balaban J connectivity index is 1.55. The van der Waals surface area contributed by atoms with Gasteiger partial charge in [0.2, 0.25) is 0 Å². The lowest BCUT2D eigenvalue weighted by Crippen LogP contribution is -2.16. The van der Waals surface area contributed by atoms with Crippen LogP contribution in [0.3, 0.4) is 0 Å². The molecule has 5 heterocycles. The molecule has 5 aromatic heterocycles. The molecule has 5 rings (SSSR count). The van der Waals surface area contributed by atoms with Gasteiger partial charge in [-0.15, -0.1) is 20.5 Å². The number of hydrogen-bond donors (Lipinski definition) is 3. The zero-order valence-electron chi connectivity index (χ0n) is 26.5. The fourth-order valence-corrected chi connectivity index (χ4v) is 4.27. The molecule has 0 aliphatic heterocycles. The number of hydrogen-bond acceptors (Lipinski definition) is 17. The smallest absolute Gasteiger partial charge is 0.343 e. The predicted octanol–water partition coefficient (Wildman–Crippen LogP) is 2.41. The van der Waals surface area contributed by atoms with Gasteiger partial charge in [0, 0.05) is 20.0 Å². The number of aromatic nitrogens is 11. The first-order valence-corrected chi connectivity index (χ1v) is 13.9. The molecule has 47 heavy (non-hydrogen) atoms. The molecule has 5 aromatic rings. The molecule has 0 amide bonds. The van der Waals surface area contributed by atoms with Gasteiger partial charge in [-0.05, 0) is 13.8 Å². The Labute approximate surface area is 266 Å². The van der Waals surface area contributed by atoms with Gasteiger partial charge in [0.15, 0.2) is 40.4 Å². The summed E-state index contributed by atoms with van der Waals surface area (Å²) in [6.07, 6.45) is 2.61. The molecule has 0 spiro atoms. The summed E-state index contributed by atoms with van der Waals surface area (Å²) in [6, 6.07) is 0. The third kappa shape index (κ3) is 5.93. The highest BCUT2D eigenvalue weighted by atomic mass is 16.5. The van der Waals surface area contributed by atoms with Gasteiger partial charge >= 0.3 is 5.97 Å². The molecular weight excluding hydrogens is 614 g/mol. The molecular formula is C26H31N17O4. The van der Waals surface area contributed by atoms with E-state index in [4.69, 9.17) is 16.2 Å². The SMILES string of the molecule is COC(=O)c1cnn(C)c1/N=N/c1c(C)nn(-c2nc(C(C)C)nc(-n3nc(C)c(/N=N/c4c(C(=O)CO)cnn4C)c3N)n2)c1N. The molecule has 0 saturated carbocycles. The van der Waals surface area contributed by atoms with Gasteiger partial charge < -0.3 is 21.3 Å². The number of aliphatic hydroxyl groups excluding tert-OH is 1. The maximum atomic E-state index is 12.1. The van der Waals surface area contributed by atoms with Gasteiger partial charge in [0.25, 0.3) is 11.9 Å². The quantitative estimate of drug-likeness (QED) is 0.112. The van der Waals surface area contributed by atoms with E-state index in [1.165, 1.54) is 38.2 Å². The summed E-state index contributed by atoms with van der Waals surface area (Å²) in [6.45, 7) is 6.41. The molecule has 0 radical (unpaired) electrons. The summed E-state index contributed by atoms with van der Waals surface area (Å²) >= 11 is 0. The number of anilines is 2. The van der Waals surface area contributed by atoms with Crippen molar-refractivity contribution < 1.29 is 19.4 Å². The standard InChI is InChI=1S/C26H31N17O4/c1-11(2)21-31-25(42-19(27)17(12(3)38-42)34-36-22-14(16(45)10-44)8-29-40(22)5)33-26(32-21)43-20(28)18(13(4)39-43)35-37-23-15(24(46)47-7)9-30-41(23)6/h8-9,11,44H,10,27-28H2,1-7H3/b36-34+,37-35+. The highest BCUT2D eigenvalue weighted by molar-refractivity contribution is 6.00. The van der Waals surface area contributed by atoms with Crippen LogP contribution in [0, 0.1) is 13.8 Å². The molecule has 0 aliphatic rings. The number of aliphatic hydroxyl groups is 1. The van der Waals surface area contributed by atoms with Crippen molar-refractivity contribution in [1.29, 1.82) is 0 Å². The zero-order valence-corrected chi connectivity index (χ0v) is 26.5. The minimum absolute atomic E-state index is 0.0470. The topological polar surface area (TPSA) is 275 Å². The van der Waals surface area contributed by atoms with Gasteiger partial charge in [0.1, 0.15) is 18.0 Å². The summed E-state index contributed by atoms with van der Waals surface area (Å²) in [4.78, 5) is 37.9. The van der Waals surface area contributed by atoms with Gasteiger partial charge in [0.05, 0.1) is 36.5 Å². The lowest BCUT2D eigenvalue weighted by atomic mass is 10.2. The monoisotopic (exact) mass is 645 g/mol. The number of ether oxygens (including phenoxy) is 1. The number of nitrogen functional groups attached to an aromatic ring is 2. The summed E-state index contributed by atoms with van der Waals surface area (Å²) in [7, 11) is 4.43. The maximum absolute atomic E-state index is 12.1. The number of carbonyl (C=O) groups is 2. The van der Waals surface area contributed by atoms with Crippen LogP contribution in [-0.4, -0.2) is 84.6 Å². The Morgan fingerprint density at radius 2 is 1.30 bits per heavy atom. The molecule has 21 nitrogen and oxygen atoms in total. The predicted molar refractivity (Wildman–Crippen MR) is 164 cm³/mol. The van der Waals surface area contributed by atoms with E-state index in [1.807, 2.05) is 13.8 Å². The van der Waals surface area contributed by atoms with Gasteiger partial charge in [-0.3, -0.25) is 4.79 Å². The fraction of sp³-hybridized carbons (Fsp3) is 0.346. The average molecular weight is 646 g/mol. The summed E-state index contributed by atoms with van der Waals surface area (Å²) in [5.41, 5.74) is 14.3. The first-order chi connectivity index (χ1) is 22.4. The van der Waals surface area contributed by atoms with Crippen molar-refractivity contribution in [2.75, 3.05) is 25.2 Å². The maximum Gasteiger partial charge on any atom is 0.343 e. The summed E-state index contributed by atoms with van der Waals surface area (Å²) in [5.74, 6) is -0.465. The van der Waals surface area contributed by atoms with E-state index >= 15 is 0 Å². The highest BCUT2D eigenvalue weighted by Gasteiger charge is 2.23. The number of azo groups is 2. The Morgan fingerprint density at radius 1 is 0.830 bits per heavy atom. The van der Waals surface area contributed by atoms with Gasteiger partial charge in [-0.1, -0.05) is 13.8 Å². The van der Waals surface area contributed by atoms with Crippen LogP contribution in [0.2, 0.25) is 0 Å². The first-order valence-electron chi connectivity index (χ1n) is 13.9. The van der Waals surface area contributed by atoms with E-state index in [0.717, 1.165) is 0 Å². The van der Waals surface area contributed by atoms with Gasteiger partial charge in [-0.2, -0.15) is 44.7 Å².